The summed E-state index contributed by atoms with van der Waals surface area (Å²) in [5.74, 6) is 0. The zero-order valence-corrected chi connectivity index (χ0v) is 37.1. The maximum absolute atomic E-state index is 9.08. The van der Waals surface area contributed by atoms with Crippen LogP contribution in [0.5, 0.6) is 0 Å². The predicted molar refractivity (Wildman–Crippen MR) is 236 cm³/mol. The van der Waals surface area contributed by atoms with Crippen LogP contribution in [0, 0.1) is 0 Å². The standard InChI is InChI=1S/2C19H19.C12H9Si.2ClH.Zr/c2*1-3-7-15-8-4-5-10-17(15)18-11-6-9-16-12-14(2)13-19(16)18;1-3-7-11-9(5-1)10-6-2-4-8-12(10)13-11;;;/h2*4-6,8-13H,3,7H2,1-2H3;1-7H,13H2;2*1H;/q;;;;;+2/p-2. The number of aryl methyl sites for hydroxylation is 2. The van der Waals surface area contributed by atoms with Crippen molar-refractivity contribution < 1.29 is 16.4 Å². The Morgan fingerprint density at radius 1 is 0.500 bits per heavy atom. The van der Waals surface area contributed by atoms with E-state index in [2.05, 4.69) is 167 Å². The third-order valence-electron chi connectivity index (χ3n) is 12.6. The normalized spacial score (nSPS) is 18.0. The molecule has 2 aliphatic carbocycles. The molecule has 0 saturated carbocycles. The second kappa shape index (κ2) is 13.9. The van der Waals surface area contributed by atoms with Gasteiger partial charge in [0, 0.05) is 0 Å². The average molecular weight is 838 g/mol. The first-order chi connectivity index (χ1) is 26.2. The van der Waals surface area contributed by atoms with Crippen LogP contribution in [-0.4, -0.2) is 9.52 Å². The van der Waals surface area contributed by atoms with Crippen LogP contribution >= 0.6 is 17.0 Å². The van der Waals surface area contributed by atoms with E-state index in [1.165, 1.54) is 91.6 Å². The van der Waals surface area contributed by atoms with Gasteiger partial charge in [-0.25, -0.2) is 0 Å². The summed E-state index contributed by atoms with van der Waals surface area (Å²) in [5.41, 5.74) is 18.5. The van der Waals surface area contributed by atoms with E-state index in [1.54, 1.807) is 0 Å². The molecule has 1 aliphatic heterocycles. The minimum atomic E-state index is -5.46. The molecule has 0 bridgehead atoms. The van der Waals surface area contributed by atoms with Crippen LogP contribution < -0.4 is 13.6 Å². The van der Waals surface area contributed by atoms with Crippen LogP contribution in [0.1, 0.15) is 81.2 Å². The summed E-state index contributed by atoms with van der Waals surface area (Å²) in [6.45, 7) is 9.16. The molecule has 3 aliphatic rings. The van der Waals surface area contributed by atoms with Crippen molar-refractivity contribution in [1.29, 1.82) is 0 Å². The average Bonchev–Trinajstić information content (AvgIpc) is 3.86. The van der Waals surface area contributed by atoms with Gasteiger partial charge in [0.1, 0.15) is 0 Å². The molecule has 0 amide bonds. The second-order valence-corrected chi connectivity index (χ2v) is 38.3. The zero-order chi connectivity index (χ0) is 37.2. The van der Waals surface area contributed by atoms with E-state index in [0.29, 0.717) is 0 Å². The van der Waals surface area contributed by atoms with Crippen molar-refractivity contribution in [2.24, 2.45) is 0 Å². The number of rotatable bonds is 9. The molecular formula is C50H47Cl2SiZr. The molecule has 0 aromatic heterocycles. The van der Waals surface area contributed by atoms with Crippen molar-refractivity contribution >= 4 is 52.3 Å². The van der Waals surface area contributed by atoms with E-state index in [1.807, 2.05) is 0 Å². The van der Waals surface area contributed by atoms with Gasteiger partial charge in [-0.3, -0.25) is 0 Å². The summed E-state index contributed by atoms with van der Waals surface area (Å²) >= 11 is -5.46. The van der Waals surface area contributed by atoms with E-state index in [9.17, 15) is 0 Å². The van der Waals surface area contributed by atoms with E-state index in [0.717, 1.165) is 25.7 Å². The summed E-state index contributed by atoms with van der Waals surface area (Å²) < 4.78 is 1.12. The molecule has 0 spiro atoms. The number of hydrogen-bond acceptors (Lipinski definition) is 0. The second-order valence-electron chi connectivity index (χ2n) is 15.9. The van der Waals surface area contributed by atoms with Gasteiger partial charge in [-0.1, -0.05) is 0 Å². The maximum atomic E-state index is 9.08. The van der Waals surface area contributed by atoms with Crippen molar-refractivity contribution in [2.75, 3.05) is 0 Å². The minimum absolute atomic E-state index is 0.0809. The van der Waals surface area contributed by atoms with Gasteiger partial charge in [0.2, 0.25) is 0 Å². The van der Waals surface area contributed by atoms with Crippen molar-refractivity contribution in [3.05, 3.63) is 172 Å². The number of fused-ring (bicyclic) bond motifs is 5. The summed E-state index contributed by atoms with van der Waals surface area (Å²) in [6, 6.07) is 47.7. The van der Waals surface area contributed by atoms with Gasteiger partial charge in [-0.2, -0.15) is 0 Å². The van der Waals surface area contributed by atoms with Crippen LogP contribution in [0.4, 0.5) is 0 Å². The van der Waals surface area contributed by atoms with Gasteiger partial charge in [-0.15, -0.1) is 0 Å². The number of hydrogen-bond donors (Lipinski definition) is 0. The molecule has 0 N–H and O–H groups in total. The molecule has 4 heteroatoms. The third-order valence-corrected chi connectivity index (χ3v) is 35.8. The SMILES string of the molecule is CCCc1ccccc1-c1cccc2c1C=C(C)[CH]2[Zr]([Cl])([Cl])([c]1cccc2c1[SiH2]c1ccccc1-2)[CH]1C(C)=Cc2c(-c3ccccc3CCC)cccc21. The summed E-state index contributed by atoms with van der Waals surface area (Å²) in [5, 5.41) is 2.96. The molecular weight excluding hydrogens is 791 g/mol. The van der Waals surface area contributed by atoms with E-state index in [-0.39, 0.29) is 7.25 Å². The number of halogens is 2. The first-order valence-corrected chi connectivity index (χ1v) is 31.6. The van der Waals surface area contributed by atoms with Crippen LogP contribution in [0.25, 0.3) is 45.5 Å². The van der Waals surface area contributed by atoms with Crippen LogP contribution in [0.15, 0.2) is 139 Å². The molecule has 6 aromatic rings. The van der Waals surface area contributed by atoms with Crippen LogP contribution in [-0.2, 0) is 29.2 Å². The Kier molecular flexibility index (Phi) is 9.30. The van der Waals surface area contributed by atoms with Gasteiger partial charge in [0.05, 0.1) is 0 Å². The fraction of sp³-hybridized carbons (Fsp3) is 0.200. The number of benzene rings is 6. The Morgan fingerprint density at radius 2 is 0.944 bits per heavy atom. The first-order valence-electron chi connectivity index (χ1n) is 19.8. The molecule has 2 atom stereocenters. The Labute approximate surface area is 332 Å². The molecule has 0 saturated heterocycles. The van der Waals surface area contributed by atoms with Crippen molar-refractivity contribution in [1.82, 2.24) is 0 Å². The number of allylic oxidation sites excluding steroid dienone is 2. The van der Waals surface area contributed by atoms with Gasteiger partial charge in [-0.05, 0) is 0 Å². The van der Waals surface area contributed by atoms with E-state index >= 15 is 0 Å². The Balaban J connectivity index is 1.32. The van der Waals surface area contributed by atoms with Crippen molar-refractivity contribution in [3.63, 3.8) is 0 Å². The summed E-state index contributed by atoms with van der Waals surface area (Å²) in [7, 11) is 17.3. The summed E-state index contributed by atoms with van der Waals surface area (Å²) in [4.78, 5) is 0. The summed E-state index contributed by atoms with van der Waals surface area (Å²) in [6.07, 6.45) is 9.20. The van der Waals surface area contributed by atoms with E-state index < -0.39 is 25.9 Å². The van der Waals surface area contributed by atoms with Crippen LogP contribution in [0.2, 0.25) is 0 Å². The first kappa shape index (κ1) is 36.1. The molecule has 9 rings (SSSR count). The van der Waals surface area contributed by atoms with Gasteiger partial charge in [0.15, 0.2) is 0 Å². The van der Waals surface area contributed by atoms with Gasteiger partial charge < -0.3 is 0 Å². The van der Waals surface area contributed by atoms with Crippen molar-refractivity contribution in [2.45, 2.75) is 60.6 Å². The van der Waals surface area contributed by atoms with E-state index in [4.69, 9.17) is 17.0 Å². The zero-order valence-electron chi connectivity index (χ0n) is 31.7. The molecule has 1 heterocycles. The topological polar surface area (TPSA) is 0 Å². The molecule has 54 heavy (non-hydrogen) atoms. The predicted octanol–water partition coefficient (Wildman–Crippen LogP) is 12.0. The quantitative estimate of drug-likeness (QED) is 0.127. The monoisotopic (exact) mass is 835 g/mol. The fourth-order valence-electron chi connectivity index (χ4n) is 10.6. The molecule has 0 fully saturated rings. The molecule has 2 unspecified atom stereocenters. The molecule has 0 nitrogen and oxygen atoms in total. The Bertz CT molecular complexity index is 2420. The Hall–Kier alpha value is -3.52. The van der Waals surface area contributed by atoms with Crippen molar-refractivity contribution in [3.8, 4) is 33.4 Å². The molecule has 269 valence electrons. The molecule has 0 radical (unpaired) electrons. The van der Waals surface area contributed by atoms with Crippen LogP contribution in [0.3, 0.4) is 0 Å². The third kappa shape index (κ3) is 5.46. The Morgan fingerprint density at radius 3 is 1.48 bits per heavy atom. The fourth-order valence-corrected chi connectivity index (χ4v) is 39.4. The van der Waals surface area contributed by atoms with Gasteiger partial charge in [0.25, 0.3) is 0 Å². The van der Waals surface area contributed by atoms with Gasteiger partial charge >= 0.3 is 335 Å². The molecule has 6 aromatic carbocycles.